The van der Waals surface area contributed by atoms with Crippen molar-refractivity contribution in [2.24, 2.45) is 5.92 Å². The molecule has 1 aliphatic rings. The van der Waals surface area contributed by atoms with Gasteiger partial charge in [0.2, 0.25) is 0 Å². The van der Waals surface area contributed by atoms with E-state index in [0.717, 1.165) is 0 Å². The summed E-state index contributed by atoms with van der Waals surface area (Å²) in [5.41, 5.74) is 0.433. The number of esters is 1. The van der Waals surface area contributed by atoms with Gasteiger partial charge in [-0.3, -0.25) is 14.4 Å². The summed E-state index contributed by atoms with van der Waals surface area (Å²) in [4.78, 5) is 37.7. The molecule has 2 rings (SSSR count). The van der Waals surface area contributed by atoms with Gasteiger partial charge in [-0.25, -0.2) is 0 Å². The van der Waals surface area contributed by atoms with Gasteiger partial charge in [0.1, 0.15) is 0 Å². The molecule has 0 unspecified atom stereocenters. The maximum atomic E-state index is 12.3. The average Bonchev–Trinajstić information content (AvgIpc) is 2.67. The van der Waals surface area contributed by atoms with Crippen LogP contribution in [0.1, 0.15) is 19.8 Å². The second kappa shape index (κ2) is 9.07. The van der Waals surface area contributed by atoms with E-state index in [0.29, 0.717) is 49.7 Å². The zero-order chi connectivity index (χ0) is 19.1. The molecule has 142 valence electrons. The largest absolute Gasteiger partial charge is 0.493 e. The number of nitrogens with one attached hydrogen (secondary N) is 1. The van der Waals surface area contributed by atoms with Gasteiger partial charge in [0, 0.05) is 24.8 Å². The summed E-state index contributed by atoms with van der Waals surface area (Å²) >= 11 is 0. The Balaban J connectivity index is 1.92. The topological polar surface area (TPSA) is 94.2 Å². The minimum absolute atomic E-state index is 0.215. The first-order valence-corrected chi connectivity index (χ1v) is 8.49. The monoisotopic (exact) mass is 364 g/mol. The van der Waals surface area contributed by atoms with Crippen LogP contribution in [0.2, 0.25) is 0 Å². The summed E-state index contributed by atoms with van der Waals surface area (Å²) in [5.74, 6) is -0.831. The van der Waals surface area contributed by atoms with Crippen molar-refractivity contribution in [3.05, 3.63) is 18.2 Å². The van der Waals surface area contributed by atoms with Gasteiger partial charge in [-0.2, -0.15) is 0 Å². The Kier molecular flexibility index (Phi) is 6.82. The van der Waals surface area contributed by atoms with Crippen molar-refractivity contribution < 1.29 is 28.6 Å². The molecule has 1 N–H and O–H groups in total. The van der Waals surface area contributed by atoms with E-state index < -0.39 is 11.8 Å². The lowest BCUT2D eigenvalue weighted by Gasteiger charge is -2.30. The Morgan fingerprint density at radius 1 is 1.12 bits per heavy atom. The quantitative estimate of drug-likeness (QED) is 0.628. The van der Waals surface area contributed by atoms with Gasteiger partial charge < -0.3 is 24.4 Å². The minimum Gasteiger partial charge on any atom is -0.493 e. The number of amides is 2. The van der Waals surface area contributed by atoms with E-state index in [-0.39, 0.29) is 11.9 Å². The SMILES string of the molecule is CCOC(=O)C1CCN(C(=O)C(=O)Nc2ccc(OC)c(OC)c2)CC1. The van der Waals surface area contributed by atoms with Gasteiger partial charge in [-0.1, -0.05) is 0 Å². The standard InChI is InChI=1S/C18H24N2O6/c1-4-26-18(23)12-7-9-20(10-8-12)17(22)16(21)19-13-5-6-14(24-2)15(11-13)25-3/h5-6,11-12H,4,7-10H2,1-3H3,(H,19,21). The second-order valence-corrected chi connectivity index (χ2v) is 5.84. The number of carbonyl (C=O) groups is 3. The molecule has 0 saturated carbocycles. The van der Waals surface area contributed by atoms with Gasteiger partial charge >= 0.3 is 17.8 Å². The number of likely N-dealkylation sites (tertiary alicyclic amines) is 1. The summed E-state index contributed by atoms with van der Waals surface area (Å²) in [6.45, 7) is 2.80. The molecule has 1 fully saturated rings. The van der Waals surface area contributed by atoms with Crippen LogP contribution in [0.5, 0.6) is 11.5 Å². The van der Waals surface area contributed by atoms with Crippen LogP contribution >= 0.6 is 0 Å². The third-order valence-electron chi connectivity index (χ3n) is 4.24. The van der Waals surface area contributed by atoms with Crippen LogP contribution in [0.4, 0.5) is 5.69 Å². The molecule has 1 aromatic carbocycles. The molecule has 2 amide bonds. The first-order valence-electron chi connectivity index (χ1n) is 8.49. The number of piperidine rings is 1. The van der Waals surface area contributed by atoms with E-state index in [1.165, 1.54) is 19.1 Å². The number of benzene rings is 1. The fourth-order valence-corrected chi connectivity index (χ4v) is 2.82. The molecular weight excluding hydrogens is 340 g/mol. The molecule has 0 atom stereocenters. The van der Waals surface area contributed by atoms with Gasteiger partial charge in [0.15, 0.2) is 11.5 Å². The Morgan fingerprint density at radius 3 is 2.35 bits per heavy atom. The summed E-state index contributed by atoms with van der Waals surface area (Å²) in [6.07, 6.45) is 0.989. The maximum Gasteiger partial charge on any atom is 0.313 e. The van der Waals surface area contributed by atoms with Crippen LogP contribution in [-0.2, 0) is 19.1 Å². The Labute approximate surface area is 152 Å². The summed E-state index contributed by atoms with van der Waals surface area (Å²) in [6, 6.07) is 4.85. The predicted molar refractivity (Wildman–Crippen MR) is 94.1 cm³/mol. The van der Waals surface area contributed by atoms with E-state index in [9.17, 15) is 14.4 Å². The van der Waals surface area contributed by atoms with Gasteiger partial charge in [-0.05, 0) is 31.9 Å². The number of anilines is 1. The Morgan fingerprint density at radius 2 is 1.77 bits per heavy atom. The van der Waals surface area contributed by atoms with Gasteiger partial charge in [-0.15, -0.1) is 0 Å². The van der Waals surface area contributed by atoms with Crippen LogP contribution in [0, 0.1) is 5.92 Å². The number of ether oxygens (including phenoxy) is 3. The molecule has 0 bridgehead atoms. The Bertz CT molecular complexity index is 668. The highest BCUT2D eigenvalue weighted by atomic mass is 16.5. The van der Waals surface area contributed by atoms with Crippen LogP contribution in [0.15, 0.2) is 18.2 Å². The molecule has 1 aromatic rings. The zero-order valence-electron chi connectivity index (χ0n) is 15.2. The molecule has 1 heterocycles. The fourth-order valence-electron chi connectivity index (χ4n) is 2.82. The fraction of sp³-hybridized carbons (Fsp3) is 0.500. The Hall–Kier alpha value is -2.77. The number of hydrogen-bond donors (Lipinski definition) is 1. The highest BCUT2D eigenvalue weighted by molar-refractivity contribution is 6.39. The molecular formula is C18H24N2O6. The van der Waals surface area contributed by atoms with Gasteiger partial charge in [0.25, 0.3) is 0 Å². The third kappa shape index (κ3) is 4.65. The van der Waals surface area contributed by atoms with Crippen LogP contribution < -0.4 is 14.8 Å². The van der Waals surface area contributed by atoms with Crippen molar-refractivity contribution in [1.82, 2.24) is 4.90 Å². The molecule has 0 spiro atoms. The smallest absolute Gasteiger partial charge is 0.313 e. The van der Waals surface area contributed by atoms with Crippen molar-refractivity contribution in [2.45, 2.75) is 19.8 Å². The molecule has 8 heteroatoms. The summed E-state index contributed by atoms with van der Waals surface area (Å²) in [5, 5.41) is 2.56. The average molecular weight is 364 g/mol. The predicted octanol–water partition coefficient (Wildman–Crippen LogP) is 1.44. The molecule has 8 nitrogen and oxygen atoms in total. The van der Waals surface area contributed by atoms with Crippen LogP contribution in [-0.4, -0.2) is 56.6 Å². The molecule has 0 aliphatic carbocycles. The lowest BCUT2D eigenvalue weighted by molar-refractivity contribution is -0.152. The highest BCUT2D eigenvalue weighted by Crippen LogP contribution is 2.29. The third-order valence-corrected chi connectivity index (χ3v) is 4.24. The highest BCUT2D eigenvalue weighted by Gasteiger charge is 2.30. The van der Waals surface area contributed by atoms with Crippen molar-refractivity contribution in [3.63, 3.8) is 0 Å². The van der Waals surface area contributed by atoms with E-state index >= 15 is 0 Å². The summed E-state index contributed by atoms with van der Waals surface area (Å²) < 4.78 is 15.3. The lowest BCUT2D eigenvalue weighted by atomic mass is 9.97. The van der Waals surface area contributed by atoms with E-state index in [4.69, 9.17) is 14.2 Å². The first kappa shape index (κ1) is 19.6. The van der Waals surface area contributed by atoms with Crippen molar-refractivity contribution in [1.29, 1.82) is 0 Å². The number of methoxy groups -OCH3 is 2. The van der Waals surface area contributed by atoms with E-state index in [2.05, 4.69) is 5.32 Å². The number of hydrogen-bond acceptors (Lipinski definition) is 6. The number of nitrogens with zero attached hydrogens (tertiary/aromatic N) is 1. The molecule has 0 radical (unpaired) electrons. The number of rotatable bonds is 5. The number of carbonyl (C=O) groups excluding carboxylic acids is 3. The second-order valence-electron chi connectivity index (χ2n) is 5.84. The zero-order valence-corrected chi connectivity index (χ0v) is 15.2. The maximum absolute atomic E-state index is 12.3. The van der Waals surface area contributed by atoms with E-state index in [1.807, 2.05) is 0 Å². The van der Waals surface area contributed by atoms with E-state index in [1.54, 1.807) is 25.1 Å². The minimum atomic E-state index is -0.730. The van der Waals surface area contributed by atoms with Crippen LogP contribution in [0.3, 0.4) is 0 Å². The molecule has 0 aromatic heterocycles. The molecule has 1 aliphatic heterocycles. The van der Waals surface area contributed by atoms with Crippen molar-refractivity contribution >= 4 is 23.5 Å². The lowest BCUT2D eigenvalue weighted by Crippen LogP contribution is -2.45. The molecule has 26 heavy (non-hydrogen) atoms. The van der Waals surface area contributed by atoms with Gasteiger partial charge in [0.05, 0.1) is 26.7 Å². The van der Waals surface area contributed by atoms with Crippen LogP contribution in [0.25, 0.3) is 0 Å². The van der Waals surface area contributed by atoms with Crippen molar-refractivity contribution in [3.8, 4) is 11.5 Å². The molecule has 1 saturated heterocycles. The first-order chi connectivity index (χ1) is 12.5. The normalized spacial score (nSPS) is 14.5. The van der Waals surface area contributed by atoms with Crippen molar-refractivity contribution in [2.75, 3.05) is 39.2 Å². The summed E-state index contributed by atoms with van der Waals surface area (Å²) in [7, 11) is 3.00.